The molecule has 0 atom stereocenters. The number of hydrogen-bond acceptors (Lipinski definition) is 2. The summed E-state index contributed by atoms with van der Waals surface area (Å²) in [4.78, 5) is 13.8. The highest BCUT2D eigenvalue weighted by Crippen LogP contribution is 2.18. The Hall–Kier alpha value is -1.35. The summed E-state index contributed by atoms with van der Waals surface area (Å²) in [5.74, 6) is 0.205. The number of fused-ring (bicyclic) bond motifs is 1. The van der Waals surface area contributed by atoms with Crippen molar-refractivity contribution < 1.29 is 4.79 Å². The van der Waals surface area contributed by atoms with Gasteiger partial charge >= 0.3 is 0 Å². The third-order valence-electron chi connectivity index (χ3n) is 3.01. The summed E-state index contributed by atoms with van der Waals surface area (Å²) in [7, 11) is 0. The summed E-state index contributed by atoms with van der Waals surface area (Å²) in [6, 6.07) is 8.37. The quantitative estimate of drug-likeness (QED) is 0.826. The lowest BCUT2D eigenvalue weighted by Gasteiger charge is -2.28. The summed E-state index contributed by atoms with van der Waals surface area (Å²) >= 11 is 0. The number of amides is 1. The van der Waals surface area contributed by atoms with E-state index in [4.69, 9.17) is 0 Å². The van der Waals surface area contributed by atoms with E-state index in [-0.39, 0.29) is 5.91 Å². The summed E-state index contributed by atoms with van der Waals surface area (Å²) in [6.45, 7) is 4.93. The van der Waals surface area contributed by atoms with Gasteiger partial charge in [-0.2, -0.15) is 0 Å². The van der Waals surface area contributed by atoms with E-state index in [1.165, 1.54) is 11.1 Å². The molecule has 1 aliphatic rings. The maximum absolute atomic E-state index is 11.8. The van der Waals surface area contributed by atoms with Crippen LogP contribution in [0.2, 0.25) is 0 Å². The molecule has 0 spiro atoms. The van der Waals surface area contributed by atoms with Gasteiger partial charge in [0.1, 0.15) is 0 Å². The molecule has 2 rings (SSSR count). The van der Waals surface area contributed by atoms with Crippen LogP contribution in [0.3, 0.4) is 0 Å². The molecule has 1 aliphatic heterocycles. The second-order valence-corrected chi connectivity index (χ2v) is 4.11. The first-order valence-corrected chi connectivity index (χ1v) is 5.86. The fraction of sp³-hybridized carbons (Fsp3) is 0.462. The second kappa shape index (κ2) is 5.12. The van der Waals surface area contributed by atoms with Crippen LogP contribution in [0.5, 0.6) is 0 Å². The molecular weight excluding hydrogens is 200 g/mol. The van der Waals surface area contributed by atoms with Crippen molar-refractivity contribution in [2.75, 3.05) is 19.6 Å². The standard InChI is InChI=1S/C13H18N2O/c1-2-14-9-13(16)15-8-7-11-5-3-4-6-12(11)10-15/h3-6,14H,2,7-10H2,1H3. The number of nitrogens with one attached hydrogen (secondary N) is 1. The molecule has 1 aromatic carbocycles. The molecule has 1 heterocycles. The van der Waals surface area contributed by atoms with Crippen molar-refractivity contribution in [3.05, 3.63) is 35.4 Å². The second-order valence-electron chi connectivity index (χ2n) is 4.11. The van der Waals surface area contributed by atoms with Crippen molar-refractivity contribution in [3.8, 4) is 0 Å². The first kappa shape index (κ1) is 11.1. The van der Waals surface area contributed by atoms with Gasteiger partial charge in [-0.3, -0.25) is 4.79 Å². The first-order chi connectivity index (χ1) is 7.81. The van der Waals surface area contributed by atoms with Gasteiger partial charge in [-0.1, -0.05) is 31.2 Å². The predicted molar refractivity (Wildman–Crippen MR) is 64.1 cm³/mol. The Kier molecular flexibility index (Phi) is 3.57. The van der Waals surface area contributed by atoms with Crippen LogP contribution in [0.1, 0.15) is 18.1 Å². The summed E-state index contributed by atoms with van der Waals surface area (Å²) in [6.07, 6.45) is 0.980. The fourth-order valence-electron chi connectivity index (χ4n) is 2.05. The molecule has 3 nitrogen and oxygen atoms in total. The van der Waals surface area contributed by atoms with Crippen LogP contribution < -0.4 is 5.32 Å². The molecule has 1 amide bonds. The Morgan fingerprint density at radius 1 is 1.38 bits per heavy atom. The minimum absolute atomic E-state index is 0.205. The number of rotatable bonds is 3. The Bertz CT molecular complexity index is 376. The lowest BCUT2D eigenvalue weighted by atomic mass is 10.00. The van der Waals surface area contributed by atoms with E-state index in [1.54, 1.807) is 0 Å². The molecule has 0 radical (unpaired) electrons. The average Bonchev–Trinajstić information content (AvgIpc) is 2.35. The molecule has 3 heteroatoms. The smallest absolute Gasteiger partial charge is 0.236 e. The van der Waals surface area contributed by atoms with E-state index in [1.807, 2.05) is 17.9 Å². The van der Waals surface area contributed by atoms with Crippen LogP contribution in [0.15, 0.2) is 24.3 Å². The zero-order valence-electron chi connectivity index (χ0n) is 9.70. The molecule has 0 saturated carbocycles. The van der Waals surface area contributed by atoms with Gasteiger partial charge in [0.2, 0.25) is 5.91 Å². The molecule has 1 aromatic rings. The van der Waals surface area contributed by atoms with Crippen molar-refractivity contribution in [2.45, 2.75) is 19.9 Å². The van der Waals surface area contributed by atoms with Gasteiger partial charge in [0, 0.05) is 13.1 Å². The van der Waals surface area contributed by atoms with E-state index >= 15 is 0 Å². The number of likely N-dealkylation sites (N-methyl/N-ethyl adjacent to an activating group) is 1. The Morgan fingerprint density at radius 3 is 2.88 bits per heavy atom. The lowest BCUT2D eigenvalue weighted by molar-refractivity contribution is -0.131. The monoisotopic (exact) mass is 218 g/mol. The van der Waals surface area contributed by atoms with E-state index in [2.05, 4.69) is 23.5 Å². The van der Waals surface area contributed by atoms with Crippen molar-refractivity contribution in [1.82, 2.24) is 10.2 Å². The topological polar surface area (TPSA) is 32.3 Å². The largest absolute Gasteiger partial charge is 0.337 e. The Morgan fingerprint density at radius 2 is 2.12 bits per heavy atom. The summed E-state index contributed by atoms with van der Waals surface area (Å²) < 4.78 is 0. The molecular formula is C13H18N2O. The van der Waals surface area contributed by atoms with Gasteiger partial charge in [-0.05, 0) is 24.1 Å². The lowest BCUT2D eigenvalue weighted by Crippen LogP contribution is -2.41. The van der Waals surface area contributed by atoms with E-state index < -0.39 is 0 Å². The highest BCUT2D eigenvalue weighted by Gasteiger charge is 2.19. The zero-order chi connectivity index (χ0) is 11.4. The highest BCUT2D eigenvalue weighted by atomic mass is 16.2. The maximum atomic E-state index is 11.8. The van der Waals surface area contributed by atoms with Gasteiger partial charge in [0.05, 0.1) is 6.54 Å². The van der Waals surface area contributed by atoms with Crippen LogP contribution in [0, 0.1) is 0 Å². The molecule has 16 heavy (non-hydrogen) atoms. The fourth-order valence-corrected chi connectivity index (χ4v) is 2.05. The van der Waals surface area contributed by atoms with E-state index in [9.17, 15) is 4.79 Å². The molecule has 0 bridgehead atoms. The normalized spacial score (nSPS) is 14.7. The predicted octanol–water partition coefficient (Wildman–Crippen LogP) is 1.18. The van der Waals surface area contributed by atoms with Crippen LogP contribution in [0.25, 0.3) is 0 Å². The van der Waals surface area contributed by atoms with Crippen LogP contribution >= 0.6 is 0 Å². The number of hydrogen-bond donors (Lipinski definition) is 1. The SMILES string of the molecule is CCNCC(=O)N1CCc2ccccc2C1. The summed E-state index contributed by atoms with van der Waals surface area (Å²) in [5, 5.41) is 3.08. The van der Waals surface area contributed by atoms with Gasteiger partial charge in [-0.25, -0.2) is 0 Å². The third kappa shape index (κ3) is 2.42. The Balaban J connectivity index is 1.99. The molecule has 0 aromatic heterocycles. The number of carbonyl (C=O) groups is 1. The Labute approximate surface area is 96.5 Å². The van der Waals surface area contributed by atoms with Crippen LogP contribution in [-0.2, 0) is 17.8 Å². The van der Waals surface area contributed by atoms with Crippen molar-refractivity contribution in [1.29, 1.82) is 0 Å². The maximum Gasteiger partial charge on any atom is 0.236 e. The molecule has 1 N–H and O–H groups in total. The number of carbonyl (C=O) groups excluding carboxylic acids is 1. The number of benzene rings is 1. The summed E-state index contributed by atoms with van der Waals surface area (Å²) in [5.41, 5.74) is 2.67. The zero-order valence-corrected chi connectivity index (χ0v) is 9.70. The van der Waals surface area contributed by atoms with E-state index in [0.717, 1.165) is 26.1 Å². The van der Waals surface area contributed by atoms with E-state index in [0.29, 0.717) is 6.54 Å². The van der Waals surface area contributed by atoms with Gasteiger partial charge in [-0.15, -0.1) is 0 Å². The highest BCUT2D eigenvalue weighted by molar-refractivity contribution is 5.78. The van der Waals surface area contributed by atoms with Crippen molar-refractivity contribution in [3.63, 3.8) is 0 Å². The van der Waals surface area contributed by atoms with Gasteiger partial charge < -0.3 is 10.2 Å². The molecule has 0 fully saturated rings. The molecule has 0 unspecified atom stereocenters. The molecule has 86 valence electrons. The van der Waals surface area contributed by atoms with Crippen LogP contribution in [-0.4, -0.2) is 30.4 Å². The third-order valence-corrected chi connectivity index (χ3v) is 3.01. The average molecular weight is 218 g/mol. The minimum Gasteiger partial charge on any atom is -0.337 e. The molecule has 0 saturated heterocycles. The number of nitrogens with zero attached hydrogens (tertiary/aromatic N) is 1. The minimum atomic E-state index is 0.205. The van der Waals surface area contributed by atoms with Crippen molar-refractivity contribution in [2.24, 2.45) is 0 Å². The molecule has 0 aliphatic carbocycles. The van der Waals surface area contributed by atoms with Crippen molar-refractivity contribution >= 4 is 5.91 Å². The van der Waals surface area contributed by atoms with Gasteiger partial charge in [0.15, 0.2) is 0 Å². The van der Waals surface area contributed by atoms with Gasteiger partial charge in [0.25, 0.3) is 0 Å². The van der Waals surface area contributed by atoms with Crippen LogP contribution in [0.4, 0.5) is 0 Å². The first-order valence-electron chi connectivity index (χ1n) is 5.86.